The van der Waals surface area contributed by atoms with Crippen molar-refractivity contribution in [2.24, 2.45) is 0 Å². The van der Waals surface area contributed by atoms with E-state index in [9.17, 15) is 4.79 Å². The Kier molecular flexibility index (Phi) is 6.46. The first-order valence-electron chi connectivity index (χ1n) is 5.87. The van der Waals surface area contributed by atoms with Gasteiger partial charge in [0.2, 0.25) is 5.91 Å². The molecule has 0 spiro atoms. The second kappa shape index (κ2) is 8.16. The van der Waals surface area contributed by atoms with Crippen LogP contribution in [-0.4, -0.2) is 40.4 Å². The SMILES string of the molecule is COCCNC(=O)/C=C/c1cc(OC)cc(OC)c1. The lowest BCUT2D eigenvalue weighted by Crippen LogP contribution is -2.24. The molecule has 1 amide bonds. The molecule has 1 rings (SSSR count). The number of nitrogens with one attached hydrogen (secondary N) is 1. The zero-order chi connectivity index (χ0) is 14.1. The summed E-state index contributed by atoms with van der Waals surface area (Å²) in [4.78, 5) is 11.5. The van der Waals surface area contributed by atoms with Crippen molar-refractivity contribution >= 4 is 12.0 Å². The lowest BCUT2D eigenvalue weighted by atomic mass is 10.2. The fraction of sp³-hybridized carbons (Fsp3) is 0.357. The van der Waals surface area contributed by atoms with Crippen LogP contribution in [0.4, 0.5) is 0 Å². The highest BCUT2D eigenvalue weighted by molar-refractivity contribution is 5.91. The maximum absolute atomic E-state index is 11.5. The Labute approximate surface area is 113 Å². The first-order chi connectivity index (χ1) is 9.19. The lowest BCUT2D eigenvalue weighted by Gasteiger charge is -2.05. The molecular weight excluding hydrogens is 246 g/mol. The molecule has 5 heteroatoms. The van der Waals surface area contributed by atoms with E-state index in [-0.39, 0.29) is 5.91 Å². The Balaban J connectivity index is 2.67. The number of amides is 1. The van der Waals surface area contributed by atoms with Gasteiger partial charge in [-0.2, -0.15) is 0 Å². The third-order valence-corrected chi connectivity index (χ3v) is 2.41. The second-order valence-corrected chi connectivity index (χ2v) is 3.76. The van der Waals surface area contributed by atoms with E-state index in [0.717, 1.165) is 5.56 Å². The van der Waals surface area contributed by atoms with Crippen LogP contribution in [0.15, 0.2) is 24.3 Å². The van der Waals surface area contributed by atoms with Gasteiger partial charge in [-0.1, -0.05) is 0 Å². The van der Waals surface area contributed by atoms with Gasteiger partial charge in [0.25, 0.3) is 0 Å². The normalized spacial score (nSPS) is 10.5. The van der Waals surface area contributed by atoms with Gasteiger partial charge in [0.15, 0.2) is 0 Å². The standard InChI is InChI=1S/C14H19NO4/c1-17-7-6-15-14(16)5-4-11-8-12(18-2)10-13(9-11)19-3/h4-5,8-10H,6-7H2,1-3H3,(H,15,16)/b5-4+. The maximum atomic E-state index is 11.5. The topological polar surface area (TPSA) is 56.8 Å². The molecule has 1 aromatic carbocycles. The average Bonchev–Trinajstić information content (AvgIpc) is 2.45. The molecule has 0 aliphatic heterocycles. The number of carbonyl (C=O) groups excluding carboxylic acids is 1. The van der Waals surface area contributed by atoms with Crippen LogP contribution in [0, 0.1) is 0 Å². The number of methoxy groups -OCH3 is 3. The Morgan fingerprint density at radius 3 is 2.32 bits per heavy atom. The third kappa shape index (κ3) is 5.44. The monoisotopic (exact) mass is 265 g/mol. The number of ether oxygens (including phenoxy) is 3. The summed E-state index contributed by atoms with van der Waals surface area (Å²) in [5.41, 5.74) is 0.832. The third-order valence-electron chi connectivity index (χ3n) is 2.41. The molecule has 0 radical (unpaired) electrons. The van der Waals surface area contributed by atoms with Crippen LogP contribution in [-0.2, 0) is 9.53 Å². The van der Waals surface area contributed by atoms with Crippen LogP contribution < -0.4 is 14.8 Å². The number of hydrogen-bond acceptors (Lipinski definition) is 4. The largest absolute Gasteiger partial charge is 0.497 e. The predicted octanol–water partition coefficient (Wildman–Crippen LogP) is 1.48. The van der Waals surface area contributed by atoms with Gasteiger partial charge in [-0.3, -0.25) is 4.79 Å². The number of benzene rings is 1. The van der Waals surface area contributed by atoms with Gasteiger partial charge >= 0.3 is 0 Å². The second-order valence-electron chi connectivity index (χ2n) is 3.76. The van der Waals surface area contributed by atoms with E-state index < -0.39 is 0 Å². The molecular formula is C14H19NO4. The molecule has 0 saturated carbocycles. The van der Waals surface area contributed by atoms with Crippen molar-refractivity contribution < 1.29 is 19.0 Å². The van der Waals surface area contributed by atoms with Gasteiger partial charge in [0, 0.05) is 25.8 Å². The number of rotatable bonds is 7. The van der Waals surface area contributed by atoms with E-state index in [4.69, 9.17) is 14.2 Å². The minimum Gasteiger partial charge on any atom is -0.497 e. The summed E-state index contributed by atoms with van der Waals surface area (Å²) in [6, 6.07) is 5.42. The van der Waals surface area contributed by atoms with Crippen molar-refractivity contribution in [1.82, 2.24) is 5.32 Å². The zero-order valence-corrected chi connectivity index (χ0v) is 11.4. The molecule has 1 N–H and O–H groups in total. The van der Waals surface area contributed by atoms with Crippen LogP contribution in [0.5, 0.6) is 11.5 Å². The van der Waals surface area contributed by atoms with Crippen LogP contribution in [0.3, 0.4) is 0 Å². The molecule has 5 nitrogen and oxygen atoms in total. The van der Waals surface area contributed by atoms with Crippen molar-refractivity contribution in [1.29, 1.82) is 0 Å². The predicted molar refractivity (Wildman–Crippen MR) is 73.5 cm³/mol. The summed E-state index contributed by atoms with van der Waals surface area (Å²) in [5, 5.41) is 2.70. The van der Waals surface area contributed by atoms with E-state index in [1.54, 1.807) is 33.5 Å². The van der Waals surface area contributed by atoms with Gasteiger partial charge in [-0.25, -0.2) is 0 Å². The van der Waals surface area contributed by atoms with Crippen molar-refractivity contribution in [3.8, 4) is 11.5 Å². The van der Waals surface area contributed by atoms with E-state index in [2.05, 4.69) is 5.32 Å². The summed E-state index contributed by atoms with van der Waals surface area (Å²) >= 11 is 0. The molecule has 0 saturated heterocycles. The molecule has 0 aliphatic carbocycles. The summed E-state index contributed by atoms with van der Waals surface area (Å²) in [6.07, 6.45) is 3.16. The highest BCUT2D eigenvalue weighted by atomic mass is 16.5. The summed E-state index contributed by atoms with van der Waals surface area (Å²) in [7, 11) is 4.75. The van der Waals surface area contributed by atoms with Crippen LogP contribution in [0.2, 0.25) is 0 Å². The van der Waals surface area contributed by atoms with Crippen molar-refractivity contribution in [2.45, 2.75) is 0 Å². The van der Waals surface area contributed by atoms with Crippen molar-refractivity contribution in [3.63, 3.8) is 0 Å². The quantitative estimate of drug-likeness (QED) is 0.599. The van der Waals surface area contributed by atoms with E-state index in [1.165, 1.54) is 6.08 Å². The minimum absolute atomic E-state index is 0.168. The average molecular weight is 265 g/mol. The Morgan fingerprint density at radius 2 is 1.79 bits per heavy atom. The molecule has 0 bridgehead atoms. The molecule has 1 aromatic rings. The maximum Gasteiger partial charge on any atom is 0.244 e. The lowest BCUT2D eigenvalue weighted by molar-refractivity contribution is -0.116. The fourth-order valence-corrected chi connectivity index (χ4v) is 1.43. The van der Waals surface area contributed by atoms with Crippen LogP contribution >= 0.6 is 0 Å². The molecule has 0 fully saturated rings. The molecule has 104 valence electrons. The van der Waals surface area contributed by atoms with Crippen LogP contribution in [0.25, 0.3) is 6.08 Å². The minimum atomic E-state index is -0.168. The molecule has 0 heterocycles. The Hall–Kier alpha value is -2.01. The van der Waals surface area contributed by atoms with E-state index >= 15 is 0 Å². The van der Waals surface area contributed by atoms with Crippen molar-refractivity contribution in [3.05, 3.63) is 29.8 Å². The molecule has 0 aromatic heterocycles. The molecule has 19 heavy (non-hydrogen) atoms. The highest BCUT2D eigenvalue weighted by Gasteiger charge is 2.00. The smallest absolute Gasteiger partial charge is 0.244 e. The van der Waals surface area contributed by atoms with Gasteiger partial charge in [-0.15, -0.1) is 0 Å². The van der Waals surface area contributed by atoms with Crippen molar-refractivity contribution in [2.75, 3.05) is 34.5 Å². The first kappa shape index (κ1) is 15.0. The molecule has 0 unspecified atom stereocenters. The molecule has 0 aliphatic rings. The van der Waals surface area contributed by atoms with Gasteiger partial charge < -0.3 is 19.5 Å². The van der Waals surface area contributed by atoms with Gasteiger partial charge in [0.05, 0.1) is 20.8 Å². The highest BCUT2D eigenvalue weighted by Crippen LogP contribution is 2.23. The zero-order valence-electron chi connectivity index (χ0n) is 11.4. The summed E-state index contributed by atoms with van der Waals surface area (Å²) in [6.45, 7) is 0.980. The fourth-order valence-electron chi connectivity index (χ4n) is 1.43. The molecule has 0 atom stereocenters. The van der Waals surface area contributed by atoms with Crippen LogP contribution in [0.1, 0.15) is 5.56 Å². The number of carbonyl (C=O) groups is 1. The van der Waals surface area contributed by atoms with E-state index in [1.807, 2.05) is 12.1 Å². The van der Waals surface area contributed by atoms with Gasteiger partial charge in [0.1, 0.15) is 11.5 Å². The Bertz CT molecular complexity index is 421. The summed E-state index contributed by atoms with van der Waals surface area (Å²) < 4.78 is 15.1. The summed E-state index contributed by atoms with van der Waals surface area (Å²) in [5.74, 6) is 1.19. The number of hydrogen-bond donors (Lipinski definition) is 1. The Morgan fingerprint density at radius 1 is 1.16 bits per heavy atom. The van der Waals surface area contributed by atoms with E-state index in [0.29, 0.717) is 24.7 Å². The van der Waals surface area contributed by atoms with Gasteiger partial charge in [-0.05, 0) is 23.8 Å². The first-order valence-corrected chi connectivity index (χ1v) is 5.87.